The molecule has 0 bridgehead atoms. The molecule has 1 heterocycles. The third kappa shape index (κ3) is 6.14. The van der Waals surface area contributed by atoms with Crippen LogP contribution in [-0.2, 0) is 30.2 Å². The minimum Gasteiger partial charge on any atom is -0.352 e. The van der Waals surface area contributed by atoms with E-state index in [0.717, 1.165) is 11.4 Å². The molecule has 0 radical (unpaired) electrons. The van der Waals surface area contributed by atoms with E-state index in [0.29, 0.717) is 19.0 Å². The van der Waals surface area contributed by atoms with Gasteiger partial charge in [0.25, 0.3) is 0 Å². The van der Waals surface area contributed by atoms with E-state index in [-0.39, 0.29) is 34.9 Å². The molecule has 1 aromatic heterocycles. The molecule has 0 spiro atoms. The lowest BCUT2D eigenvalue weighted by Crippen LogP contribution is -2.37. The molecule has 0 atom stereocenters. The Kier molecular flexibility index (Phi) is 9.30. The van der Waals surface area contributed by atoms with E-state index in [1.807, 2.05) is 20.9 Å². The van der Waals surface area contributed by atoms with Gasteiger partial charge in [0.1, 0.15) is 12.2 Å². The summed E-state index contributed by atoms with van der Waals surface area (Å²) in [5, 5.41) is 10.4. The van der Waals surface area contributed by atoms with Crippen LogP contribution in [0.25, 0.3) is 0 Å². The predicted octanol–water partition coefficient (Wildman–Crippen LogP) is 1.33. The average molecular weight is 521 g/mol. The summed E-state index contributed by atoms with van der Waals surface area (Å²) in [7, 11) is 1.63. The van der Waals surface area contributed by atoms with E-state index in [2.05, 4.69) is 25.7 Å². The van der Waals surface area contributed by atoms with Gasteiger partial charge in [-0.2, -0.15) is 9.40 Å². The molecule has 0 amide bonds. The Morgan fingerprint density at radius 2 is 1.82 bits per heavy atom. The van der Waals surface area contributed by atoms with E-state index in [4.69, 9.17) is 0 Å². The van der Waals surface area contributed by atoms with Gasteiger partial charge in [0.05, 0.1) is 11.4 Å². The smallest absolute Gasteiger partial charge is 0.243 e. The third-order valence-electron chi connectivity index (χ3n) is 4.23. The van der Waals surface area contributed by atoms with Crippen molar-refractivity contribution >= 4 is 40.0 Å². The largest absolute Gasteiger partial charge is 0.352 e. The van der Waals surface area contributed by atoms with Gasteiger partial charge < -0.3 is 10.6 Å². The second-order valence-corrected chi connectivity index (χ2v) is 8.34. The highest BCUT2D eigenvalue weighted by atomic mass is 127. The molecular weight excluding hydrogens is 493 g/mol. The van der Waals surface area contributed by atoms with Crippen LogP contribution in [0.1, 0.15) is 25.2 Å². The Bertz CT molecular complexity index is 879. The fraction of sp³-hybridized carbons (Fsp3) is 0.471. The first-order valence-electron chi connectivity index (χ1n) is 8.60. The van der Waals surface area contributed by atoms with Crippen molar-refractivity contribution in [1.82, 2.24) is 29.7 Å². The van der Waals surface area contributed by atoms with Crippen LogP contribution in [0.5, 0.6) is 0 Å². The summed E-state index contributed by atoms with van der Waals surface area (Å²) in [4.78, 5) is 8.60. The maximum atomic E-state index is 12.5. The molecule has 0 aliphatic heterocycles. The second kappa shape index (κ2) is 10.7. The van der Waals surface area contributed by atoms with E-state index in [1.165, 1.54) is 10.6 Å². The predicted molar refractivity (Wildman–Crippen MR) is 120 cm³/mol. The molecule has 0 unspecified atom stereocenters. The number of aliphatic imine (C=N–C) groups is 1. The molecule has 1 aromatic carbocycles. The van der Waals surface area contributed by atoms with Crippen molar-refractivity contribution in [3.8, 4) is 0 Å². The van der Waals surface area contributed by atoms with Crippen molar-refractivity contribution in [2.24, 2.45) is 12.0 Å². The van der Waals surface area contributed by atoms with E-state index in [1.54, 1.807) is 43.0 Å². The van der Waals surface area contributed by atoms with Crippen LogP contribution in [0.2, 0.25) is 0 Å². The molecule has 0 aliphatic carbocycles. The summed E-state index contributed by atoms with van der Waals surface area (Å²) in [6.07, 6.45) is 1.50. The summed E-state index contributed by atoms with van der Waals surface area (Å²) in [5.74, 6) is 1.41. The third-order valence-corrected chi connectivity index (χ3v) is 6.28. The number of nitrogens with one attached hydrogen (secondary N) is 2. The normalized spacial score (nSPS) is 12.2. The summed E-state index contributed by atoms with van der Waals surface area (Å²) in [6, 6.07) is 6.75. The zero-order valence-electron chi connectivity index (χ0n) is 16.7. The number of halogens is 1. The minimum atomic E-state index is -3.47. The SMILES string of the molecule is CN=C(NCc1ccc(S(=O)(=O)N(C)C(C)C)cc1)NCc1ncnn1C.I. The topological polar surface area (TPSA) is 105 Å². The van der Waals surface area contributed by atoms with Gasteiger partial charge in [0.15, 0.2) is 5.96 Å². The van der Waals surface area contributed by atoms with Crippen molar-refractivity contribution in [3.05, 3.63) is 42.0 Å². The van der Waals surface area contributed by atoms with Crippen molar-refractivity contribution in [2.45, 2.75) is 37.9 Å². The van der Waals surface area contributed by atoms with Gasteiger partial charge in [-0.05, 0) is 31.5 Å². The first kappa shape index (κ1) is 24.3. The lowest BCUT2D eigenvalue weighted by Gasteiger charge is -2.21. The number of sulfonamides is 1. The minimum absolute atomic E-state index is 0. The van der Waals surface area contributed by atoms with Crippen molar-refractivity contribution in [2.75, 3.05) is 14.1 Å². The summed E-state index contributed by atoms with van der Waals surface area (Å²) < 4.78 is 28.0. The van der Waals surface area contributed by atoms with Gasteiger partial charge in [-0.25, -0.2) is 13.4 Å². The fourth-order valence-corrected chi connectivity index (χ4v) is 3.64. The maximum absolute atomic E-state index is 12.5. The molecule has 2 N–H and O–H groups in total. The molecule has 156 valence electrons. The average Bonchev–Trinajstić information content (AvgIpc) is 3.06. The Hall–Kier alpha value is -1.73. The van der Waals surface area contributed by atoms with Gasteiger partial charge in [0.2, 0.25) is 10.0 Å². The Morgan fingerprint density at radius 3 is 2.32 bits per heavy atom. The number of benzene rings is 1. The van der Waals surface area contributed by atoms with Crippen LogP contribution >= 0.6 is 24.0 Å². The highest BCUT2D eigenvalue weighted by Gasteiger charge is 2.22. The van der Waals surface area contributed by atoms with Crippen LogP contribution in [0.15, 0.2) is 40.5 Å². The lowest BCUT2D eigenvalue weighted by atomic mass is 10.2. The van der Waals surface area contributed by atoms with Crippen molar-refractivity contribution in [1.29, 1.82) is 0 Å². The first-order valence-corrected chi connectivity index (χ1v) is 10.0. The Balaban J connectivity index is 0.00000392. The van der Waals surface area contributed by atoms with Crippen LogP contribution in [0.3, 0.4) is 0 Å². The van der Waals surface area contributed by atoms with Crippen LogP contribution in [0.4, 0.5) is 0 Å². The van der Waals surface area contributed by atoms with Gasteiger partial charge in [-0.15, -0.1) is 24.0 Å². The number of aryl methyl sites for hydroxylation is 1. The fourth-order valence-electron chi connectivity index (χ4n) is 2.27. The highest BCUT2D eigenvalue weighted by molar-refractivity contribution is 14.0. The Morgan fingerprint density at radius 1 is 1.21 bits per heavy atom. The number of nitrogens with zero attached hydrogens (tertiary/aromatic N) is 5. The van der Waals surface area contributed by atoms with E-state index < -0.39 is 10.0 Å². The number of hydrogen-bond acceptors (Lipinski definition) is 5. The number of aromatic nitrogens is 3. The molecular formula is C17H28IN7O2S. The molecule has 2 rings (SSSR count). The van der Waals surface area contributed by atoms with Gasteiger partial charge in [-0.1, -0.05) is 12.1 Å². The lowest BCUT2D eigenvalue weighted by molar-refractivity contribution is 0.410. The van der Waals surface area contributed by atoms with Gasteiger partial charge in [0, 0.05) is 33.7 Å². The summed E-state index contributed by atoms with van der Waals surface area (Å²) in [5.41, 5.74) is 0.947. The number of guanidine groups is 1. The molecule has 0 fully saturated rings. The van der Waals surface area contributed by atoms with Gasteiger partial charge >= 0.3 is 0 Å². The highest BCUT2D eigenvalue weighted by Crippen LogP contribution is 2.17. The second-order valence-electron chi connectivity index (χ2n) is 6.34. The number of hydrogen-bond donors (Lipinski definition) is 2. The summed E-state index contributed by atoms with van der Waals surface area (Å²) >= 11 is 0. The molecule has 0 saturated carbocycles. The van der Waals surface area contributed by atoms with Crippen LogP contribution < -0.4 is 10.6 Å². The molecule has 9 nitrogen and oxygen atoms in total. The first-order chi connectivity index (χ1) is 12.8. The molecule has 0 saturated heterocycles. The molecule has 2 aromatic rings. The van der Waals surface area contributed by atoms with E-state index >= 15 is 0 Å². The molecule has 0 aliphatic rings. The molecule has 28 heavy (non-hydrogen) atoms. The van der Waals surface area contributed by atoms with Crippen LogP contribution in [-0.4, -0.2) is 53.6 Å². The maximum Gasteiger partial charge on any atom is 0.243 e. The van der Waals surface area contributed by atoms with Crippen LogP contribution in [0, 0.1) is 0 Å². The monoisotopic (exact) mass is 521 g/mol. The zero-order valence-corrected chi connectivity index (χ0v) is 19.9. The Labute approximate surface area is 183 Å². The standard InChI is InChI=1S/C17H27N7O2S.HI/c1-13(2)24(5)27(25,26)15-8-6-14(7-9-15)10-19-17(18-3)20-11-16-21-12-22-23(16)4;/h6-9,12-13H,10-11H2,1-5H3,(H2,18,19,20);1H. The zero-order chi connectivity index (χ0) is 20.0. The van der Waals surface area contributed by atoms with Crippen molar-refractivity contribution < 1.29 is 8.42 Å². The summed E-state index contributed by atoms with van der Waals surface area (Å²) in [6.45, 7) is 4.69. The van der Waals surface area contributed by atoms with Crippen molar-refractivity contribution in [3.63, 3.8) is 0 Å². The molecule has 11 heteroatoms. The van der Waals surface area contributed by atoms with Gasteiger partial charge in [-0.3, -0.25) is 9.67 Å². The quantitative estimate of drug-likeness (QED) is 0.324. The van der Waals surface area contributed by atoms with E-state index in [9.17, 15) is 8.42 Å². The number of rotatable bonds is 7.